The highest BCUT2D eigenvalue weighted by Crippen LogP contribution is 2.13. The Morgan fingerprint density at radius 2 is 1.84 bits per heavy atom. The molecule has 6 nitrogen and oxygen atoms in total. The zero-order chi connectivity index (χ0) is 14.4. The average Bonchev–Trinajstić information content (AvgIpc) is 2.26. The van der Waals surface area contributed by atoms with Crippen LogP contribution in [-0.4, -0.2) is 36.9 Å². The summed E-state index contributed by atoms with van der Waals surface area (Å²) in [6, 6.07) is 3.94. The van der Waals surface area contributed by atoms with Crippen LogP contribution >= 0.6 is 0 Å². The molecule has 0 aliphatic heterocycles. The van der Waals surface area contributed by atoms with Crippen molar-refractivity contribution in [2.24, 2.45) is 0 Å². The van der Waals surface area contributed by atoms with E-state index in [0.29, 0.717) is 5.69 Å². The zero-order valence-electron chi connectivity index (χ0n) is 11.2. The van der Waals surface area contributed by atoms with Crippen molar-refractivity contribution in [2.45, 2.75) is 19.9 Å². The first-order valence-electron chi connectivity index (χ1n) is 5.80. The van der Waals surface area contributed by atoms with Crippen LogP contribution in [0, 0.1) is 13.8 Å². The van der Waals surface area contributed by atoms with E-state index in [0.717, 1.165) is 11.1 Å². The van der Waals surface area contributed by atoms with Crippen LogP contribution in [0.3, 0.4) is 0 Å². The van der Waals surface area contributed by atoms with Gasteiger partial charge in [0, 0.05) is 12.8 Å². The highest BCUT2D eigenvalue weighted by Gasteiger charge is 2.19. The lowest BCUT2D eigenvalue weighted by atomic mass is 10.1. The number of hydrogen-bond donors (Lipinski definition) is 3. The SMILES string of the molecule is COCC(NC(=O)Nc1cc(C)cc(C)c1)C(=O)O. The molecule has 1 atom stereocenters. The number of benzene rings is 1. The molecule has 104 valence electrons. The van der Waals surface area contributed by atoms with Crippen molar-refractivity contribution in [1.82, 2.24) is 5.32 Å². The molecular formula is C13H18N2O4. The highest BCUT2D eigenvalue weighted by molar-refractivity contribution is 5.92. The fourth-order valence-corrected chi connectivity index (χ4v) is 1.71. The molecule has 0 fully saturated rings. The molecule has 6 heteroatoms. The summed E-state index contributed by atoms with van der Waals surface area (Å²) in [6.45, 7) is 3.75. The smallest absolute Gasteiger partial charge is 0.328 e. The number of carboxylic acids is 1. The van der Waals surface area contributed by atoms with Gasteiger partial charge in [-0.25, -0.2) is 9.59 Å². The summed E-state index contributed by atoms with van der Waals surface area (Å²) in [7, 11) is 1.37. The van der Waals surface area contributed by atoms with Crippen molar-refractivity contribution >= 4 is 17.7 Å². The Morgan fingerprint density at radius 1 is 1.26 bits per heavy atom. The number of carbonyl (C=O) groups is 2. The molecule has 0 bridgehead atoms. The van der Waals surface area contributed by atoms with Gasteiger partial charge < -0.3 is 20.5 Å². The van der Waals surface area contributed by atoms with Gasteiger partial charge in [-0.05, 0) is 37.1 Å². The summed E-state index contributed by atoms with van der Waals surface area (Å²) < 4.78 is 4.73. The predicted molar refractivity (Wildman–Crippen MR) is 71.4 cm³/mol. The fraction of sp³-hybridized carbons (Fsp3) is 0.385. The number of ether oxygens (including phenoxy) is 1. The number of anilines is 1. The third kappa shape index (κ3) is 4.97. The van der Waals surface area contributed by atoms with Crippen molar-refractivity contribution in [3.63, 3.8) is 0 Å². The molecule has 0 heterocycles. The number of methoxy groups -OCH3 is 1. The number of nitrogens with one attached hydrogen (secondary N) is 2. The van der Waals surface area contributed by atoms with Gasteiger partial charge in [0.25, 0.3) is 0 Å². The predicted octanol–water partition coefficient (Wildman–Crippen LogP) is 1.52. The lowest BCUT2D eigenvalue weighted by molar-refractivity contribution is -0.140. The van der Waals surface area contributed by atoms with Gasteiger partial charge >= 0.3 is 12.0 Å². The first-order valence-corrected chi connectivity index (χ1v) is 5.80. The molecule has 0 aliphatic carbocycles. The van der Waals surface area contributed by atoms with E-state index in [1.165, 1.54) is 7.11 Å². The topological polar surface area (TPSA) is 87.7 Å². The standard InChI is InChI=1S/C13H18N2O4/c1-8-4-9(2)6-10(5-8)14-13(18)15-11(7-19-3)12(16)17/h4-6,11H,7H2,1-3H3,(H,16,17)(H2,14,15,18). The second-order valence-corrected chi connectivity index (χ2v) is 4.32. The molecule has 0 aromatic heterocycles. The molecule has 0 spiro atoms. The van der Waals surface area contributed by atoms with E-state index in [4.69, 9.17) is 9.84 Å². The van der Waals surface area contributed by atoms with E-state index in [9.17, 15) is 9.59 Å². The highest BCUT2D eigenvalue weighted by atomic mass is 16.5. The lowest BCUT2D eigenvalue weighted by Crippen LogP contribution is -2.45. The molecule has 3 N–H and O–H groups in total. The van der Waals surface area contributed by atoms with E-state index >= 15 is 0 Å². The van der Waals surface area contributed by atoms with Crippen LogP contribution in [0.25, 0.3) is 0 Å². The normalized spacial score (nSPS) is 11.7. The molecule has 0 saturated heterocycles. The van der Waals surface area contributed by atoms with Gasteiger partial charge in [-0.2, -0.15) is 0 Å². The number of amides is 2. The van der Waals surface area contributed by atoms with Crippen LogP contribution < -0.4 is 10.6 Å². The fourth-order valence-electron chi connectivity index (χ4n) is 1.71. The van der Waals surface area contributed by atoms with Gasteiger partial charge in [0.15, 0.2) is 6.04 Å². The molecule has 0 radical (unpaired) electrons. The number of carboxylic acid groups (broad SMARTS) is 1. The van der Waals surface area contributed by atoms with Crippen molar-refractivity contribution in [3.05, 3.63) is 29.3 Å². The van der Waals surface area contributed by atoms with Crippen LogP contribution in [0.2, 0.25) is 0 Å². The number of aliphatic carboxylic acids is 1. The Bertz CT molecular complexity index is 453. The zero-order valence-corrected chi connectivity index (χ0v) is 11.2. The third-order valence-electron chi connectivity index (χ3n) is 2.42. The maximum atomic E-state index is 11.7. The van der Waals surface area contributed by atoms with Crippen LogP contribution in [0.5, 0.6) is 0 Å². The van der Waals surface area contributed by atoms with Gasteiger partial charge in [-0.3, -0.25) is 0 Å². The van der Waals surface area contributed by atoms with Gasteiger partial charge in [-0.15, -0.1) is 0 Å². The van der Waals surface area contributed by atoms with Crippen molar-refractivity contribution in [3.8, 4) is 0 Å². The maximum absolute atomic E-state index is 11.7. The molecule has 0 saturated carbocycles. The molecule has 19 heavy (non-hydrogen) atoms. The number of aryl methyl sites for hydroxylation is 2. The summed E-state index contributed by atoms with van der Waals surface area (Å²) in [5.41, 5.74) is 2.65. The summed E-state index contributed by atoms with van der Waals surface area (Å²) >= 11 is 0. The Kier molecular flexibility index (Phi) is 5.32. The first-order chi connectivity index (χ1) is 8.92. The summed E-state index contributed by atoms with van der Waals surface area (Å²) in [5, 5.41) is 13.8. The second-order valence-electron chi connectivity index (χ2n) is 4.32. The third-order valence-corrected chi connectivity index (χ3v) is 2.42. The van der Waals surface area contributed by atoms with Crippen molar-refractivity contribution in [2.75, 3.05) is 19.0 Å². The molecular weight excluding hydrogens is 248 g/mol. The van der Waals surface area contributed by atoms with Crippen molar-refractivity contribution in [1.29, 1.82) is 0 Å². The van der Waals surface area contributed by atoms with Crippen molar-refractivity contribution < 1.29 is 19.4 Å². The minimum absolute atomic E-state index is 0.0877. The van der Waals surface area contributed by atoms with Gasteiger partial charge in [-0.1, -0.05) is 6.07 Å². The quantitative estimate of drug-likeness (QED) is 0.754. The van der Waals surface area contributed by atoms with Crippen LogP contribution in [0.15, 0.2) is 18.2 Å². The average molecular weight is 266 g/mol. The molecule has 0 aliphatic rings. The second kappa shape index (κ2) is 6.75. The van der Waals surface area contributed by atoms with E-state index < -0.39 is 18.0 Å². The summed E-state index contributed by atoms with van der Waals surface area (Å²) in [4.78, 5) is 22.5. The van der Waals surface area contributed by atoms with E-state index in [2.05, 4.69) is 10.6 Å². The van der Waals surface area contributed by atoms with Gasteiger partial charge in [0.05, 0.1) is 6.61 Å². The Hall–Kier alpha value is -2.08. The molecule has 1 unspecified atom stereocenters. The van der Waals surface area contributed by atoms with Gasteiger partial charge in [0.1, 0.15) is 0 Å². The maximum Gasteiger partial charge on any atom is 0.328 e. The van der Waals surface area contributed by atoms with Crippen LogP contribution in [0.1, 0.15) is 11.1 Å². The number of carbonyl (C=O) groups excluding carboxylic acids is 1. The summed E-state index contributed by atoms with van der Waals surface area (Å²) in [5.74, 6) is -1.14. The minimum Gasteiger partial charge on any atom is -0.480 e. The van der Waals surface area contributed by atoms with Crippen LogP contribution in [0.4, 0.5) is 10.5 Å². The van der Waals surface area contributed by atoms with E-state index in [1.807, 2.05) is 19.9 Å². The lowest BCUT2D eigenvalue weighted by Gasteiger charge is -2.14. The number of rotatable bonds is 5. The Balaban J connectivity index is 2.66. The van der Waals surface area contributed by atoms with Gasteiger partial charge in [0.2, 0.25) is 0 Å². The first kappa shape index (κ1) is 15.0. The molecule has 1 aromatic carbocycles. The number of hydrogen-bond acceptors (Lipinski definition) is 3. The monoisotopic (exact) mass is 266 g/mol. The molecule has 2 amide bonds. The summed E-state index contributed by atoms with van der Waals surface area (Å²) in [6.07, 6.45) is 0. The Morgan fingerprint density at radius 3 is 2.32 bits per heavy atom. The largest absolute Gasteiger partial charge is 0.480 e. The van der Waals surface area contributed by atoms with Crippen LogP contribution in [-0.2, 0) is 9.53 Å². The Labute approximate surface area is 111 Å². The van der Waals surface area contributed by atoms with E-state index in [1.54, 1.807) is 12.1 Å². The minimum atomic E-state index is -1.14. The number of urea groups is 1. The molecule has 1 rings (SSSR count). The van der Waals surface area contributed by atoms with E-state index in [-0.39, 0.29) is 6.61 Å². The molecule has 1 aromatic rings.